The molecule has 0 amide bonds. The number of benzene rings is 1. The van der Waals surface area contributed by atoms with E-state index in [1.54, 1.807) is 0 Å². The summed E-state index contributed by atoms with van der Waals surface area (Å²) in [5, 5.41) is 3.39. The van der Waals surface area contributed by atoms with Gasteiger partial charge in [-0.3, -0.25) is 0 Å². The van der Waals surface area contributed by atoms with Crippen LogP contribution in [0.25, 0.3) is 0 Å². The molecule has 0 aromatic heterocycles. The lowest BCUT2D eigenvalue weighted by molar-refractivity contribution is 0.137. The number of hydrogen-bond acceptors (Lipinski definition) is 2. The van der Waals surface area contributed by atoms with E-state index in [4.69, 9.17) is 4.74 Å². The predicted molar refractivity (Wildman–Crippen MR) is 68.9 cm³/mol. The van der Waals surface area contributed by atoms with Crippen molar-refractivity contribution in [2.24, 2.45) is 0 Å². The van der Waals surface area contributed by atoms with E-state index in [1.807, 2.05) is 0 Å². The van der Waals surface area contributed by atoms with Crippen LogP contribution in [0.1, 0.15) is 24.5 Å². The number of ether oxygens (including phenoxy) is 1. The molecule has 0 fully saturated rings. The summed E-state index contributed by atoms with van der Waals surface area (Å²) in [5.74, 6) is 0. The molecule has 90 valence electrons. The van der Waals surface area contributed by atoms with Crippen LogP contribution >= 0.6 is 0 Å². The third kappa shape index (κ3) is 5.89. The quantitative estimate of drug-likeness (QED) is 0.681. The Kier molecular flexibility index (Phi) is 6.86. The van der Waals surface area contributed by atoms with Crippen molar-refractivity contribution < 1.29 is 4.74 Å². The first-order valence-corrected chi connectivity index (χ1v) is 6.17. The monoisotopic (exact) mass is 221 g/mol. The average molecular weight is 221 g/mol. The third-order valence-electron chi connectivity index (χ3n) is 2.44. The molecule has 0 bridgehead atoms. The van der Waals surface area contributed by atoms with Gasteiger partial charge in [0.25, 0.3) is 0 Å². The summed E-state index contributed by atoms with van der Waals surface area (Å²) in [6.45, 7) is 7.94. The number of nitrogens with one attached hydrogen (secondary N) is 1. The van der Waals surface area contributed by atoms with Gasteiger partial charge in [0.2, 0.25) is 0 Å². The molecule has 0 aliphatic carbocycles. The minimum absolute atomic E-state index is 0.821. The molecule has 0 radical (unpaired) electrons. The van der Waals surface area contributed by atoms with Crippen molar-refractivity contribution in [3.05, 3.63) is 35.4 Å². The van der Waals surface area contributed by atoms with Crippen LogP contribution < -0.4 is 5.32 Å². The Hall–Kier alpha value is -0.860. The van der Waals surface area contributed by atoms with Crippen molar-refractivity contribution in [3.63, 3.8) is 0 Å². The highest BCUT2D eigenvalue weighted by molar-refractivity contribution is 5.22. The van der Waals surface area contributed by atoms with E-state index in [0.29, 0.717) is 0 Å². The van der Waals surface area contributed by atoms with Gasteiger partial charge in [0.15, 0.2) is 0 Å². The van der Waals surface area contributed by atoms with Crippen molar-refractivity contribution in [1.29, 1.82) is 0 Å². The number of hydrogen-bond donors (Lipinski definition) is 1. The highest BCUT2D eigenvalue weighted by atomic mass is 16.5. The summed E-state index contributed by atoms with van der Waals surface area (Å²) in [7, 11) is 0. The second-order valence-corrected chi connectivity index (χ2v) is 4.10. The smallest absolute Gasteiger partial charge is 0.0590 e. The van der Waals surface area contributed by atoms with Crippen molar-refractivity contribution in [1.82, 2.24) is 5.32 Å². The van der Waals surface area contributed by atoms with Gasteiger partial charge in [0.1, 0.15) is 0 Å². The van der Waals surface area contributed by atoms with Crippen LogP contribution in [-0.4, -0.2) is 26.3 Å². The fourth-order valence-corrected chi connectivity index (χ4v) is 1.62. The summed E-state index contributed by atoms with van der Waals surface area (Å²) < 4.78 is 5.39. The summed E-state index contributed by atoms with van der Waals surface area (Å²) >= 11 is 0. The van der Waals surface area contributed by atoms with Crippen molar-refractivity contribution >= 4 is 0 Å². The topological polar surface area (TPSA) is 21.3 Å². The molecule has 2 heteroatoms. The van der Waals surface area contributed by atoms with E-state index in [-0.39, 0.29) is 0 Å². The Labute approximate surface area is 99.0 Å². The Balaban J connectivity index is 2.03. The number of aryl methyl sites for hydroxylation is 1. The molecule has 1 rings (SSSR count). The normalized spacial score (nSPS) is 10.6. The maximum atomic E-state index is 5.39. The Morgan fingerprint density at radius 2 is 2.06 bits per heavy atom. The highest BCUT2D eigenvalue weighted by Crippen LogP contribution is 2.03. The fourth-order valence-electron chi connectivity index (χ4n) is 1.62. The molecule has 0 saturated carbocycles. The van der Waals surface area contributed by atoms with Gasteiger partial charge < -0.3 is 10.1 Å². The van der Waals surface area contributed by atoms with Crippen LogP contribution in [0, 0.1) is 6.92 Å². The Bertz CT molecular complexity index is 286. The zero-order chi connectivity index (χ0) is 11.6. The van der Waals surface area contributed by atoms with Crippen LogP contribution in [-0.2, 0) is 11.2 Å². The van der Waals surface area contributed by atoms with Gasteiger partial charge in [-0.25, -0.2) is 0 Å². The van der Waals surface area contributed by atoms with Gasteiger partial charge in [-0.15, -0.1) is 0 Å². The molecule has 16 heavy (non-hydrogen) atoms. The largest absolute Gasteiger partial charge is 0.380 e. The predicted octanol–water partition coefficient (Wildman–Crippen LogP) is 2.55. The van der Waals surface area contributed by atoms with Gasteiger partial charge >= 0.3 is 0 Å². The molecular formula is C14H23NO. The first-order valence-electron chi connectivity index (χ1n) is 6.17. The van der Waals surface area contributed by atoms with Crippen LogP contribution in [0.15, 0.2) is 24.3 Å². The molecule has 0 heterocycles. The summed E-state index contributed by atoms with van der Waals surface area (Å²) in [6.07, 6.45) is 2.19. The summed E-state index contributed by atoms with van der Waals surface area (Å²) in [6, 6.07) is 8.68. The molecule has 0 aliphatic heterocycles. The molecule has 0 spiro atoms. The molecular weight excluding hydrogens is 198 g/mol. The molecule has 0 unspecified atom stereocenters. The minimum Gasteiger partial charge on any atom is -0.380 e. The van der Waals surface area contributed by atoms with Gasteiger partial charge in [-0.05, 0) is 31.9 Å². The van der Waals surface area contributed by atoms with Crippen molar-refractivity contribution in [2.75, 3.05) is 26.3 Å². The average Bonchev–Trinajstić information content (AvgIpc) is 2.28. The van der Waals surface area contributed by atoms with Gasteiger partial charge in [0.05, 0.1) is 6.61 Å². The zero-order valence-corrected chi connectivity index (χ0v) is 10.5. The van der Waals surface area contributed by atoms with Crippen LogP contribution in [0.4, 0.5) is 0 Å². The second kappa shape index (κ2) is 8.31. The van der Waals surface area contributed by atoms with Crippen LogP contribution in [0.2, 0.25) is 0 Å². The van der Waals surface area contributed by atoms with Gasteiger partial charge in [-0.1, -0.05) is 36.8 Å². The lowest BCUT2D eigenvalue weighted by atomic mass is 10.1. The SMILES string of the molecule is CCCOCCNCCc1cccc(C)c1. The van der Waals surface area contributed by atoms with E-state index in [9.17, 15) is 0 Å². The highest BCUT2D eigenvalue weighted by Gasteiger charge is 1.93. The molecule has 0 atom stereocenters. The maximum Gasteiger partial charge on any atom is 0.0590 e. The minimum atomic E-state index is 0.821. The van der Waals surface area contributed by atoms with Gasteiger partial charge in [-0.2, -0.15) is 0 Å². The molecule has 1 aromatic rings. The summed E-state index contributed by atoms with van der Waals surface area (Å²) in [4.78, 5) is 0. The van der Waals surface area contributed by atoms with Gasteiger partial charge in [0, 0.05) is 13.2 Å². The zero-order valence-electron chi connectivity index (χ0n) is 10.5. The molecule has 1 aromatic carbocycles. The van der Waals surface area contributed by atoms with E-state index < -0.39 is 0 Å². The van der Waals surface area contributed by atoms with Crippen LogP contribution in [0.5, 0.6) is 0 Å². The molecule has 0 saturated heterocycles. The lowest BCUT2D eigenvalue weighted by Gasteiger charge is -2.06. The lowest BCUT2D eigenvalue weighted by Crippen LogP contribution is -2.22. The molecule has 2 nitrogen and oxygen atoms in total. The Morgan fingerprint density at radius 1 is 1.19 bits per heavy atom. The third-order valence-corrected chi connectivity index (χ3v) is 2.44. The fraction of sp³-hybridized carbons (Fsp3) is 0.571. The number of rotatable bonds is 8. The Morgan fingerprint density at radius 3 is 2.81 bits per heavy atom. The van der Waals surface area contributed by atoms with E-state index in [2.05, 4.69) is 43.4 Å². The standard InChI is InChI=1S/C14H23NO/c1-3-10-16-11-9-15-8-7-14-6-4-5-13(2)12-14/h4-6,12,15H,3,7-11H2,1-2H3. The second-order valence-electron chi connectivity index (χ2n) is 4.10. The molecule has 0 aliphatic rings. The molecule has 1 N–H and O–H groups in total. The van der Waals surface area contributed by atoms with Crippen LogP contribution in [0.3, 0.4) is 0 Å². The van der Waals surface area contributed by atoms with Crippen molar-refractivity contribution in [3.8, 4) is 0 Å². The maximum absolute atomic E-state index is 5.39. The van der Waals surface area contributed by atoms with E-state index in [0.717, 1.165) is 39.1 Å². The first kappa shape index (κ1) is 13.2. The van der Waals surface area contributed by atoms with Crippen molar-refractivity contribution in [2.45, 2.75) is 26.7 Å². The summed E-state index contributed by atoms with van der Waals surface area (Å²) in [5.41, 5.74) is 2.74. The van der Waals surface area contributed by atoms with E-state index in [1.165, 1.54) is 11.1 Å². The first-order chi connectivity index (χ1) is 7.83. The van der Waals surface area contributed by atoms with E-state index >= 15 is 0 Å².